The average Bonchev–Trinajstić information content (AvgIpc) is 3.45. The van der Waals surface area contributed by atoms with Crippen molar-refractivity contribution in [1.82, 2.24) is 19.7 Å². The van der Waals surface area contributed by atoms with Crippen molar-refractivity contribution in [2.75, 3.05) is 25.0 Å². The molecule has 1 saturated carbocycles. The molecule has 5 nitrogen and oxygen atoms in total. The molecule has 1 N–H and O–H groups in total. The summed E-state index contributed by atoms with van der Waals surface area (Å²) in [6, 6.07) is 5.12. The van der Waals surface area contributed by atoms with Gasteiger partial charge in [-0.05, 0) is 68.4 Å². The van der Waals surface area contributed by atoms with E-state index in [4.69, 9.17) is 0 Å². The van der Waals surface area contributed by atoms with Crippen molar-refractivity contribution >= 4 is 5.69 Å². The van der Waals surface area contributed by atoms with Gasteiger partial charge >= 0.3 is 0 Å². The van der Waals surface area contributed by atoms with E-state index in [0.29, 0.717) is 12.1 Å². The second kappa shape index (κ2) is 8.62. The minimum Gasteiger partial charge on any atom is -0.378 e. The van der Waals surface area contributed by atoms with Gasteiger partial charge in [-0.25, -0.2) is 13.5 Å². The Kier molecular flexibility index (Phi) is 5.67. The van der Waals surface area contributed by atoms with Crippen LogP contribution >= 0.6 is 0 Å². The number of benzene rings is 1. The zero-order valence-corrected chi connectivity index (χ0v) is 18.6. The summed E-state index contributed by atoms with van der Waals surface area (Å²) < 4.78 is 30.4. The minimum absolute atomic E-state index is 0.199. The van der Waals surface area contributed by atoms with E-state index in [1.807, 2.05) is 19.2 Å². The smallest absolute Gasteiger partial charge is 0.133 e. The van der Waals surface area contributed by atoms with Crippen LogP contribution in [0.15, 0.2) is 43.0 Å². The zero-order valence-electron chi connectivity index (χ0n) is 18.6. The predicted octanol–water partition coefficient (Wildman–Crippen LogP) is 4.92. The van der Waals surface area contributed by atoms with Gasteiger partial charge < -0.3 is 10.2 Å². The molecule has 2 aliphatic rings. The highest BCUT2D eigenvalue weighted by Gasteiger charge is 2.32. The maximum Gasteiger partial charge on any atom is 0.133 e. The largest absolute Gasteiger partial charge is 0.378 e. The number of piperidine rings is 1. The van der Waals surface area contributed by atoms with Crippen LogP contribution in [0.1, 0.15) is 30.4 Å². The summed E-state index contributed by atoms with van der Waals surface area (Å²) in [4.78, 5) is 6.62. The van der Waals surface area contributed by atoms with E-state index < -0.39 is 6.17 Å². The number of aryl methyl sites for hydroxylation is 2. The summed E-state index contributed by atoms with van der Waals surface area (Å²) in [5.41, 5.74) is 4.86. The Morgan fingerprint density at radius 1 is 1.03 bits per heavy atom. The first-order chi connectivity index (χ1) is 15.5. The molecule has 3 aromatic rings. The number of anilines is 1. The lowest BCUT2D eigenvalue weighted by atomic mass is 10.0. The summed E-state index contributed by atoms with van der Waals surface area (Å²) in [6.07, 6.45) is 9.69. The molecule has 0 radical (unpaired) electrons. The molecule has 7 heteroatoms. The highest BCUT2D eigenvalue weighted by Crippen LogP contribution is 2.31. The van der Waals surface area contributed by atoms with Gasteiger partial charge in [0.2, 0.25) is 0 Å². The molecule has 1 aliphatic carbocycles. The molecule has 0 amide bonds. The number of hydrogen-bond acceptors (Lipinski definition) is 4. The fourth-order valence-electron chi connectivity index (χ4n) is 4.47. The van der Waals surface area contributed by atoms with E-state index in [1.54, 1.807) is 36.3 Å². The number of nitrogens with one attached hydrogen (secondary N) is 1. The van der Waals surface area contributed by atoms with Crippen LogP contribution in [0.25, 0.3) is 16.8 Å². The Morgan fingerprint density at radius 2 is 1.88 bits per heavy atom. The summed E-state index contributed by atoms with van der Waals surface area (Å²) in [7, 11) is 0. The minimum atomic E-state index is -0.890. The van der Waals surface area contributed by atoms with Crippen LogP contribution in [-0.4, -0.2) is 51.5 Å². The van der Waals surface area contributed by atoms with Crippen LogP contribution < -0.4 is 5.32 Å². The van der Waals surface area contributed by atoms with E-state index in [1.165, 1.54) is 18.9 Å². The Balaban J connectivity index is 1.29. The van der Waals surface area contributed by atoms with Gasteiger partial charge in [-0.1, -0.05) is 0 Å². The molecular formula is C25H29F2N5. The van der Waals surface area contributed by atoms with Gasteiger partial charge in [0.05, 0.1) is 23.6 Å². The maximum atomic E-state index is 14.8. The number of aromatic nitrogens is 3. The average molecular weight is 438 g/mol. The number of halogens is 2. The predicted molar refractivity (Wildman–Crippen MR) is 122 cm³/mol. The molecule has 168 valence electrons. The third kappa shape index (κ3) is 4.53. The number of likely N-dealkylation sites (tertiary alicyclic amines) is 1. The van der Waals surface area contributed by atoms with Crippen LogP contribution in [0.2, 0.25) is 0 Å². The summed E-state index contributed by atoms with van der Waals surface area (Å²) in [6.45, 7) is 6.10. The molecular weight excluding hydrogens is 408 g/mol. The lowest BCUT2D eigenvalue weighted by molar-refractivity contribution is 0.122. The maximum absolute atomic E-state index is 14.8. The molecule has 2 unspecified atom stereocenters. The van der Waals surface area contributed by atoms with Crippen molar-refractivity contribution in [3.05, 3.63) is 59.9 Å². The van der Waals surface area contributed by atoms with Crippen molar-refractivity contribution in [3.63, 3.8) is 0 Å². The van der Waals surface area contributed by atoms with Gasteiger partial charge in [-0.15, -0.1) is 0 Å². The Hall–Kier alpha value is -2.80. The van der Waals surface area contributed by atoms with Crippen LogP contribution in [-0.2, 0) is 0 Å². The molecule has 2 aromatic heterocycles. The van der Waals surface area contributed by atoms with Gasteiger partial charge in [0.25, 0.3) is 0 Å². The number of hydrogen-bond donors (Lipinski definition) is 1. The molecule has 5 rings (SSSR count). The zero-order chi connectivity index (χ0) is 22.2. The topological polar surface area (TPSA) is 46.0 Å². The van der Waals surface area contributed by atoms with E-state index in [2.05, 4.69) is 20.3 Å². The van der Waals surface area contributed by atoms with Crippen LogP contribution in [0.5, 0.6) is 0 Å². The third-order valence-electron chi connectivity index (χ3n) is 6.57. The van der Waals surface area contributed by atoms with Gasteiger partial charge in [0.15, 0.2) is 0 Å². The monoisotopic (exact) mass is 437 g/mol. The van der Waals surface area contributed by atoms with E-state index in [-0.39, 0.29) is 11.9 Å². The first kappa shape index (κ1) is 21.1. The molecule has 2 atom stereocenters. The Labute approximate surface area is 187 Å². The highest BCUT2D eigenvalue weighted by atomic mass is 19.1. The second-order valence-electron chi connectivity index (χ2n) is 9.28. The fourth-order valence-corrected chi connectivity index (χ4v) is 4.47. The summed E-state index contributed by atoms with van der Waals surface area (Å²) in [5, 5.41) is 7.83. The van der Waals surface area contributed by atoms with Crippen LogP contribution in [0.4, 0.5) is 14.5 Å². The third-order valence-corrected chi connectivity index (χ3v) is 6.57. The first-order valence-electron chi connectivity index (χ1n) is 11.4. The molecule has 0 spiro atoms. The number of rotatable bonds is 6. The molecule has 32 heavy (non-hydrogen) atoms. The number of pyridine rings is 1. The van der Waals surface area contributed by atoms with Crippen molar-refractivity contribution in [1.29, 1.82) is 0 Å². The quantitative estimate of drug-likeness (QED) is 0.594. The second-order valence-corrected chi connectivity index (χ2v) is 9.28. The van der Waals surface area contributed by atoms with E-state index >= 15 is 0 Å². The molecule has 2 fully saturated rings. The van der Waals surface area contributed by atoms with E-state index in [9.17, 15) is 8.78 Å². The molecule has 1 aromatic carbocycles. The number of nitrogens with zero attached hydrogens (tertiary/aromatic N) is 4. The van der Waals surface area contributed by atoms with Gasteiger partial charge in [0, 0.05) is 49.4 Å². The fraction of sp³-hybridized carbons (Fsp3) is 0.440. The first-order valence-corrected chi connectivity index (χ1v) is 11.4. The summed E-state index contributed by atoms with van der Waals surface area (Å²) in [5.74, 6) is 0.572. The Bertz CT molecular complexity index is 1110. The van der Waals surface area contributed by atoms with Gasteiger partial charge in [0.1, 0.15) is 12.0 Å². The Morgan fingerprint density at radius 3 is 2.66 bits per heavy atom. The standard InChI is InChI=1S/C25H29F2N5/c1-16-8-25(17(2)7-22(16)26)32-14-20(11-29-32)19-9-21(12-28-10-19)30-24-5-6-31(15-23(24)27)13-18-3-4-18/h7-12,14,18,23-24,30H,3-6,13,15H2,1-2H3. The van der Waals surface area contributed by atoms with Crippen molar-refractivity contribution < 1.29 is 8.78 Å². The van der Waals surface area contributed by atoms with Crippen LogP contribution in [0, 0.1) is 25.6 Å². The normalized spacial score (nSPS) is 21.6. The van der Waals surface area contributed by atoms with Crippen molar-refractivity contribution in [2.24, 2.45) is 5.92 Å². The SMILES string of the molecule is Cc1cc(-n2cc(-c3cncc(NC4CCN(CC5CC5)CC4F)c3)cn2)c(C)cc1F. The lowest BCUT2D eigenvalue weighted by Gasteiger charge is -2.35. The van der Waals surface area contributed by atoms with E-state index in [0.717, 1.165) is 53.5 Å². The van der Waals surface area contributed by atoms with Gasteiger partial charge in [-0.3, -0.25) is 4.98 Å². The van der Waals surface area contributed by atoms with Crippen molar-refractivity contribution in [2.45, 2.75) is 45.3 Å². The molecule has 3 heterocycles. The lowest BCUT2D eigenvalue weighted by Crippen LogP contribution is -2.48. The van der Waals surface area contributed by atoms with Crippen LogP contribution in [0.3, 0.4) is 0 Å². The number of alkyl halides is 1. The summed E-state index contributed by atoms with van der Waals surface area (Å²) >= 11 is 0. The van der Waals surface area contributed by atoms with Gasteiger partial charge in [-0.2, -0.15) is 5.10 Å². The molecule has 0 bridgehead atoms. The van der Waals surface area contributed by atoms with Crippen molar-refractivity contribution in [3.8, 4) is 16.8 Å². The molecule has 1 aliphatic heterocycles. The highest BCUT2D eigenvalue weighted by molar-refractivity contribution is 5.66. The molecule has 1 saturated heterocycles.